The molecule has 0 aliphatic carbocycles. The summed E-state index contributed by atoms with van der Waals surface area (Å²) >= 11 is 0. The third-order valence-electron chi connectivity index (χ3n) is 3.49. The van der Waals surface area contributed by atoms with Crippen molar-refractivity contribution in [2.45, 2.75) is 33.2 Å². The minimum Gasteiger partial charge on any atom is -0.383 e. The summed E-state index contributed by atoms with van der Waals surface area (Å²) in [5.41, 5.74) is 4.97. The largest absolute Gasteiger partial charge is 0.383 e. The van der Waals surface area contributed by atoms with Gasteiger partial charge in [0.1, 0.15) is 0 Å². The van der Waals surface area contributed by atoms with E-state index in [1.54, 1.807) is 7.11 Å². The van der Waals surface area contributed by atoms with E-state index in [1.807, 2.05) is 6.20 Å². The number of benzene rings is 1. The van der Waals surface area contributed by atoms with Crippen LogP contribution in [0.3, 0.4) is 0 Å². The van der Waals surface area contributed by atoms with Crippen LogP contribution in [0.5, 0.6) is 0 Å². The average Bonchev–Trinajstić information content (AvgIpc) is 2.87. The lowest BCUT2D eigenvalue weighted by molar-refractivity contribution is 0.199. The Morgan fingerprint density at radius 1 is 1.33 bits per heavy atom. The summed E-state index contributed by atoms with van der Waals surface area (Å²) in [4.78, 5) is 0. The molecule has 0 bridgehead atoms. The molecule has 1 aromatic carbocycles. The van der Waals surface area contributed by atoms with E-state index in [1.165, 1.54) is 16.8 Å². The van der Waals surface area contributed by atoms with Gasteiger partial charge in [-0.2, -0.15) is 5.10 Å². The predicted molar refractivity (Wildman–Crippen MR) is 85.9 cm³/mol. The van der Waals surface area contributed by atoms with Crippen molar-refractivity contribution in [3.63, 3.8) is 0 Å². The van der Waals surface area contributed by atoms with Crippen molar-refractivity contribution in [2.75, 3.05) is 20.3 Å². The second-order valence-electron chi connectivity index (χ2n) is 5.29. The van der Waals surface area contributed by atoms with Gasteiger partial charge in [-0.25, -0.2) is 4.68 Å². The summed E-state index contributed by atoms with van der Waals surface area (Å²) < 4.78 is 7.14. The van der Waals surface area contributed by atoms with Crippen molar-refractivity contribution in [3.05, 3.63) is 47.3 Å². The van der Waals surface area contributed by atoms with Gasteiger partial charge in [-0.05, 0) is 31.0 Å². The lowest BCUT2D eigenvalue weighted by atomic mass is 10.1. The highest BCUT2D eigenvalue weighted by Gasteiger charge is 2.11. The van der Waals surface area contributed by atoms with Gasteiger partial charge >= 0.3 is 0 Å². The van der Waals surface area contributed by atoms with Crippen LogP contribution in [-0.4, -0.2) is 30.0 Å². The number of hydrogen-bond donors (Lipinski definition) is 1. The van der Waals surface area contributed by atoms with Crippen LogP contribution in [0.1, 0.15) is 30.2 Å². The number of ether oxygens (including phenoxy) is 1. The highest BCUT2D eigenvalue weighted by molar-refractivity contribution is 5.38. The van der Waals surface area contributed by atoms with E-state index in [9.17, 15) is 0 Å². The highest BCUT2D eigenvalue weighted by atomic mass is 16.5. The van der Waals surface area contributed by atoms with E-state index in [2.05, 4.69) is 53.2 Å². The number of nitrogens with zero attached hydrogens (tertiary/aromatic N) is 2. The number of aromatic nitrogens is 2. The van der Waals surface area contributed by atoms with E-state index in [4.69, 9.17) is 4.74 Å². The van der Waals surface area contributed by atoms with Crippen molar-refractivity contribution in [1.82, 2.24) is 15.1 Å². The summed E-state index contributed by atoms with van der Waals surface area (Å²) in [7, 11) is 1.72. The number of methoxy groups -OCH3 is 1. The molecule has 1 aromatic heterocycles. The van der Waals surface area contributed by atoms with Crippen LogP contribution in [0.2, 0.25) is 0 Å². The van der Waals surface area contributed by atoms with Crippen molar-refractivity contribution in [1.29, 1.82) is 0 Å². The zero-order valence-electron chi connectivity index (χ0n) is 13.2. The minimum absolute atomic E-state index is 0.731. The molecule has 0 spiro atoms. The first-order valence-electron chi connectivity index (χ1n) is 7.58. The molecule has 2 rings (SSSR count). The van der Waals surface area contributed by atoms with E-state index < -0.39 is 0 Å². The zero-order valence-corrected chi connectivity index (χ0v) is 13.2. The smallest absolute Gasteiger partial charge is 0.0651 e. The van der Waals surface area contributed by atoms with E-state index in [-0.39, 0.29) is 0 Å². The number of aryl methyl sites for hydroxylation is 1. The number of nitrogens with one attached hydrogen (secondary N) is 1. The van der Waals surface area contributed by atoms with Crippen LogP contribution in [0.4, 0.5) is 0 Å². The Kier molecular flexibility index (Phi) is 5.96. The molecule has 4 heteroatoms. The lowest BCUT2D eigenvalue weighted by Gasteiger charge is -2.10. The van der Waals surface area contributed by atoms with Crippen molar-refractivity contribution >= 4 is 0 Å². The normalized spacial score (nSPS) is 11.0. The van der Waals surface area contributed by atoms with Gasteiger partial charge in [-0.15, -0.1) is 0 Å². The third kappa shape index (κ3) is 4.16. The molecule has 2 aromatic rings. The Morgan fingerprint density at radius 3 is 2.90 bits per heavy atom. The zero-order chi connectivity index (χ0) is 15.1. The summed E-state index contributed by atoms with van der Waals surface area (Å²) in [6, 6.07) is 8.48. The predicted octanol–water partition coefficient (Wildman–Crippen LogP) is 2.87. The molecule has 0 fully saturated rings. The molecular weight excluding hydrogens is 262 g/mol. The third-order valence-corrected chi connectivity index (χ3v) is 3.49. The highest BCUT2D eigenvalue weighted by Crippen LogP contribution is 2.17. The molecule has 0 radical (unpaired) electrons. The SMILES string of the molecule is CCCc1c(CNCCOC)cnn1-c1cccc(C)c1. The standard InChI is InChI=1S/C17H25N3O/c1-4-6-17-15(12-18-9-10-21-3)13-19-20(17)16-8-5-7-14(2)11-16/h5,7-8,11,13,18H,4,6,9-10,12H2,1-3H3. The Bertz CT molecular complexity index is 563. The van der Waals surface area contributed by atoms with Gasteiger partial charge < -0.3 is 10.1 Å². The number of hydrogen-bond acceptors (Lipinski definition) is 3. The molecule has 114 valence electrons. The van der Waals surface area contributed by atoms with Crippen LogP contribution < -0.4 is 5.32 Å². The molecule has 4 nitrogen and oxygen atoms in total. The molecule has 0 aliphatic heterocycles. The molecular formula is C17H25N3O. The molecule has 21 heavy (non-hydrogen) atoms. The van der Waals surface area contributed by atoms with Gasteiger partial charge in [0.2, 0.25) is 0 Å². The van der Waals surface area contributed by atoms with Crippen LogP contribution in [0.25, 0.3) is 5.69 Å². The van der Waals surface area contributed by atoms with Crippen LogP contribution in [0, 0.1) is 6.92 Å². The first-order chi connectivity index (χ1) is 10.3. The second-order valence-corrected chi connectivity index (χ2v) is 5.29. The topological polar surface area (TPSA) is 39.1 Å². The Morgan fingerprint density at radius 2 is 2.19 bits per heavy atom. The maximum atomic E-state index is 5.06. The van der Waals surface area contributed by atoms with Gasteiger partial charge in [-0.3, -0.25) is 0 Å². The maximum absolute atomic E-state index is 5.06. The second kappa shape index (κ2) is 7.96. The summed E-state index contributed by atoms with van der Waals surface area (Å²) in [5, 5.41) is 7.99. The summed E-state index contributed by atoms with van der Waals surface area (Å²) in [6.45, 7) is 6.74. The van der Waals surface area contributed by atoms with Crippen LogP contribution >= 0.6 is 0 Å². The monoisotopic (exact) mass is 287 g/mol. The van der Waals surface area contributed by atoms with Crippen LogP contribution in [-0.2, 0) is 17.7 Å². The van der Waals surface area contributed by atoms with Crippen molar-refractivity contribution < 1.29 is 4.74 Å². The van der Waals surface area contributed by atoms with E-state index in [0.717, 1.165) is 38.2 Å². The number of rotatable bonds is 8. The Balaban J connectivity index is 2.20. The summed E-state index contributed by atoms with van der Waals surface area (Å²) in [6.07, 6.45) is 4.13. The Hall–Kier alpha value is -1.65. The quantitative estimate of drug-likeness (QED) is 0.759. The van der Waals surface area contributed by atoms with Gasteiger partial charge in [0.05, 0.1) is 18.5 Å². The van der Waals surface area contributed by atoms with Gasteiger partial charge in [0, 0.05) is 31.5 Å². The van der Waals surface area contributed by atoms with Gasteiger partial charge in [0.25, 0.3) is 0 Å². The molecule has 0 amide bonds. The fourth-order valence-corrected chi connectivity index (χ4v) is 2.44. The molecule has 0 saturated heterocycles. The maximum Gasteiger partial charge on any atom is 0.0651 e. The molecule has 1 heterocycles. The van der Waals surface area contributed by atoms with Crippen LogP contribution in [0.15, 0.2) is 30.5 Å². The van der Waals surface area contributed by atoms with Crippen molar-refractivity contribution in [2.24, 2.45) is 0 Å². The molecule has 1 N–H and O–H groups in total. The fraction of sp³-hybridized carbons (Fsp3) is 0.471. The van der Waals surface area contributed by atoms with Gasteiger partial charge in [0.15, 0.2) is 0 Å². The van der Waals surface area contributed by atoms with Gasteiger partial charge in [-0.1, -0.05) is 25.5 Å². The molecule has 0 saturated carbocycles. The minimum atomic E-state index is 0.731. The van der Waals surface area contributed by atoms with Crippen molar-refractivity contribution in [3.8, 4) is 5.69 Å². The fourth-order valence-electron chi connectivity index (χ4n) is 2.44. The van der Waals surface area contributed by atoms with E-state index >= 15 is 0 Å². The lowest BCUT2D eigenvalue weighted by Crippen LogP contribution is -2.19. The summed E-state index contributed by atoms with van der Waals surface area (Å²) in [5.74, 6) is 0. The molecule has 0 atom stereocenters. The molecule has 0 aliphatic rings. The average molecular weight is 287 g/mol. The molecule has 0 unspecified atom stereocenters. The first kappa shape index (κ1) is 15.7. The first-order valence-corrected chi connectivity index (χ1v) is 7.58. The Labute approximate surface area is 127 Å². The van der Waals surface area contributed by atoms with E-state index in [0.29, 0.717) is 0 Å².